The second-order valence-electron chi connectivity index (χ2n) is 6.06. The van der Waals surface area contributed by atoms with Crippen LogP contribution in [0.1, 0.15) is 19.8 Å². The van der Waals surface area contributed by atoms with Gasteiger partial charge in [-0.1, -0.05) is 43.3 Å². The maximum Gasteiger partial charge on any atom is 0.321 e. The number of guanidine groups is 1. The third kappa shape index (κ3) is 3.74. The lowest BCUT2D eigenvalue weighted by Gasteiger charge is -2.22. The average Bonchev–Trinajstić information content (AvgIpc) is 3.05. The first-order valence-electron chi connectivity index (χ1n) is 8.58. The van der Waals surface area contributed by atoms with Gasteiger partial charge in [0, 0.05) is 12.1 Å². The minimum absolute atomic E-state index is 0.261. The Morgan fingerprint density at radius 3 is 2.35 bits per heavy atom. The summed E-state index contributed by atoms with van der Waals surface area (Å²) in [5, 5.41) is 5.88. The zero-order chi connectivity index (χ0) is 18.4. The number of hydrogen-bond donors (Lipinski definition) is 2. The summed E-state index contributed by atoms with van der Waals surface area (Å²) < 4.78 is 5.04. The normalized spacial score (nSPS) is 19.7. The monoisotopic (exact) mass is 351 g/mol. The average molecular weight is 351 g/mol. The van der Waals surface area contributed by atoms with Crippen LogP contribution in [-0.2, 0) is 14.3 Å². The van der Waals surface area contributed by atoms with E-state index < -0.39 is 17.3 Å². The van der Waals surface area contributed by atoms with E-state index in [0.29, 0.717) is 18.5 Å². The molecule has 6 nitrogen and oxygen atoms in total. The van der Waals surface area contributed by atoms with E-state index in [0.717, 1.165) is 5.69 Å². The van der Waals surface area contributed by atoms with E-state index >= 15 is 0 Å². The highest BCUT2D eigenvalue weighted by Crippen LogP contribution is 2.33. The number of rotatable bonds is 4. The van der Waals surface area contributed by atoms with Crippen LogP contribution in [0.2, 0.25) is 0 Å². The summed E-state index contributed by atoms with van der Waals surface area (Å²) in [6, 6.07) is 18.7. The van der Waals surface area contributed by atoms with Gasteiger partial charge in [-0.2, -0.15) is 0 Å². The SMILES string of the molecule is CC[C@]1(C(=O)NC(=Nc2ccccc2)Nc2ccccc2)CCOC1=O. The first kappa shape index (κ1) is 17.7. The van der Waals surface area contributed by atoms with Crippen LogP contribution in [0.5, 0.6) is 0 Å². The van der Waals surface area contributed by atoms with Gasteiger partial charge in [0.05, 0.1) is 12.3 Å². The Hall–Kier alpha value is -3.15. The maximum atomic E-state index is 12.9. The number of anilines is 1. The van der Waals surface area contributed by atoms with Crippen LogP contribution in [0, 0.1) is 5.41 Å². The van der Waals surface area contributed by atoms with Gasteiger partial charge in [0.2, 0.25) is 11.9 Å². The fraction of sp³-hybridized carbons (Fsp3) is 0.250. The molecule has 0 unspecified atom stereocenters. The molecule has 1 atom stereocenters. The molecule has 3 rings (SSSR count). The van der Waals surface area contributed by atoms with Crippen molar-refractivity contribution < 1.29 is 14.3 Å². The van der Waals surface area contributed by atoms with Gasteiger partial charge in [0.25, 0.3) is 0 Å². The van der Waals surface area contributed by atoms with E-state index in [2.05, 4.69) is 15.6 Å². The first-order chi connectivity index (χ1) is 12.6. The molecule has 1 heterocycles. The van der Waals surface area contributed by atoms with Gasteiger partial charge in [-0.3, -0.25) is 14.9 Å². The number of nitrogens with one attached hydrogen (secondary N) is 2. The molecule has 134 valence electrons. The quantitative estimate of drug-likeness (QED) is 0.383. The summed E-state index contributed by atoms with van der Waals surface area (Å²) >= 11 is 0. The number of carbonyl (C=O) groups excluding carboxylic acids is 2. The molecule has 0 radical (unpaired) electrons. The number of carbonyl (C=O) groups is 2. The highest BCUT2D eigenvalue weighted by atomic mass is 16.5. The van der Waals surface area contributed by atoms with E-state index in [9.17, 15) is 9.59 Å². The Labute approximate surface area is 152 Å². The molecule has 0 bridgehead atoms. The predicted octanol–water partition coefficient (Wildman–Crippen LogP) is 3.25. The van der Waals surface area contributed by atoms with Crippen molar-refractivity contribution in [2.45, 2.75) is 19.8 Å². The van der Waals surface area contributed by atoms with E-state index in [1.54, 1.807) is 0 Å². The molecule has 0 aliphatic carbocycles. The Balaban J connectivity index is 1.87. The Bertz CT molecular complexity index is 806. The van der Waals surface area contributed by atoms with Crippen LogP contribution in [-0.4, -0.2) is 24.4 Å². The van der Waals surface area contributed by atoms with Gasteiger partial charge >= 0.3 is 5.97 Å². The number of cyclic esters (lactones) is 1. The molecule has 0 saturated carbocycles. The molecular formula is C20H21N3O3. The molecule has 0 aromatic heterocycles. The van der Waals surface area contributed by atoms with Crippen LogP contribution in [0.4, 0.5) is 11.4 Å². The minimum Gasteiger partial charge on any atom is -0.465 e. The van der Waals surface area contributed by atoms with Crippen LogP contribution in [0.15, 0.2) is 65.7 Å². The fourth-order valence-electron chi connectivity index (χ4n) is 2.85. The van der Waals surface area contributed by atoms with Crippen molar-refractivity contribution in [3.05, 3.63) is 60.7 Å². The third-order valence-electron chi connectivity index (χ3n) is 4.46. The molecule has 0 spiro atoms. The van der Waals surface area contributed by atoms with E-state index in [1.165, 1.54) is 0 Å². The summed E-state index contributed by atoms with van der Waals surface area (Å²) in [7, 11) is 0. The molecule has 1 aliphatic heterocycles. The minimum atomic E-state index is -1.16. The lowest BCUT2D eigenvalue weighted by atomic mass is 9.83. The number of esters is 1. The fourth-order valence-corrected chi connectivity index (χ4v) is 2.85. The second-order valence-corrected chi connectivity index (χ2v) is 6.06. The van der Waals surface area contributed by atoms with Gasteiger partial charge < -0.3 is 10.1 Å². The van der Waals surface area contributed by atoms with Crippen LogP contribution >= 0.6 is 0 Å². The van der Waals surface area contributed by atoms with Crippen molar-refractivity contribution in [1.29, 1.82) is 0 Å². The lowest BCUT2D eigenvalue weighted by molar-refractivity contribution is -0.151. The number of nitrogens with zero attached hydrogens (tertiary/aromatic N) is 1. The molecule has 2 N–H and O–H groups in total. The Morgan fingerprint density at radius 2 is 1.77 bits per heavy atom. The number of amides is 1. The number of hydrogen-bond acceptors (Lipinski definition) is 4. The molecular weight excluding hydrogens is 330 g/mol. The summed E-state index contributed by atoms with van der Waals surface area (Å²) in [4.78, 5) is 29.5. The number of ether oxygens (including phenoxy) is 1. The molecule has 2 aromatic carbocycles. The topological polar surface area (TPSA) is 79.8 Å². The highest BCUT2D eigenvalue weighted by molar-refractivity contribution is 6.13. The number of aliphatic imine (C=N–C) groups is 1. The standard InChI is InChI=1S/C20H21N3O3/c1-2-20(13-14-26-18(20)25)17(24)23-19(21-15-9-5-3-6-10-15)22-16-11-7-4-8-12-16/h3-12H,2,13-14H2,1H3,(H2,21,22,23,24)/t20-/m1/s1. The van der Waals surface area contributed by atoms with E-state index in [4.69, 9.17) is 4.74 Å². The van der Waals surface area contributed by atoms with Crippen LogP contribution in [0.25, 0.3) is 0 Å². The van der Waals surface area contributed by atoms with Gasteiger partial charge in [-0.25, -0.2) is 4.99 Å². The molecule has 1 saturated heterocycles. The van der Waals surface area contributed by atoms with Crippen LogP contribution < -0.4 is 10.6 Å². The zero-order valence-electron chi connectivity index (χ0n) is 14.6. The smallest absolute Gasteiger partial charge is 0.321 e. The van der Waals surface area contributed by atoms with Gasteiger partial charge in [-0.15, -0.1) is 0 Å². The molecule has 6 heteroatoms. The Morgan fingerprint density at radius 1 is 1.12 bits per heavy atom. The zero-order valence-corrected chi connectivity index (χ0v) is 14.6. The molecule has 1 aliphatic rings. The van der Waals surface area contributed by atoms with Crippen molar-refractivity contribution in [3.63, 3.8) is 0 Å². The predicted molar refractivity (Wildman–Crippen MR) is 100 cm³/mol. The van der Waals surface area contributed by atoms with Crippen molar-refractivity contribution in [2.75, 3.05) is 11.9 Å². The lowest BCUT2D eigenvalue weighted by Crippen LogP contribution is -2.48. The molecule has 2 aromatic rings. The largest absolute Gasteiger partial charge is 0.465 e. The van der Waals surface area contributed by atoms with Crippen molar-refractivity contribution in [3.8, 4) is 0 Å². The van der Waals surface area contributed by atoms with Gasteiger partial charge in [-0.05, 0) is 30.7 Å². The van der Waals surface area contributed by atoms with Gasteiger partial charge in [0.15, 0.2) is 0 Å². The Kier molecular flexibility index (Phi) is 5.31. The summed E-state index contributed by atoms with van der Waals surface area (Å²) in [6.45, 7) is 2.07. The molecule has 26 heavy (non-hydrogen) atoms. The summed E-state index contributed by atoms with van der Waals surface area (Å²) in [6.07, 6.45) is 0.750. The third-order valence-corrected chi connectivity index (χ3v) is 4.46. The summed E-state index contributed by atoms with van der Waals surface area (Å²) in [5.74, 6) is -0.614. The van der Waals surface area contributed by atoms with Crippen LogP contribution in [0.3, 0.4) is 0 Å². The maximum absolute atomic E-state index is 12.9. The first-order valence-corrected chi connectivity index (χ1v) is 8.58. The van der Waals surface area contributed by atoms with E-state index in [-0.39, 0.29) is 12.6 Å². The second kappa shape index (κ2) is 7.82. The van der Waals surface area contributed by atoms with Crippen molar-refractivity contribution >= 4 is 29.2 Å². The number of para-hydroxylation sites is 2. The van der Waals surface area contributed by atoms with Crippen molar-refractivity contribution in [2.24, 2.45) is 10.4 Å². The van der Waals surface area contributed by atoms with Gasteiger partial charge in [0.1, 0.15) is 5.41 Å². The van der Waals surface area contributed by atoms with Crippen molar-refractivity contribution in [1.82, 2.24) is 5.32 Å². The number of benzene rings is 2. The highest BCUT2D eigenvalue weighted by Gasteiger charge is 2.50. The summed E-state index contributed by atoms with van der Waals surface area (Å²) in [5.41, 5.74) is 0.309. The van der Waals surface area contributed by atoms with E-state index in [1.807, 2.05) is 67.6 Å². The molecule has 1 fully saturated rings. The molecule has 1 amide bonds.